The lowest BCUT2D eigenvalue weighted by molar-refractivity contribution is -0.192. The molecule has 38 heavy (non-hydrogen) atoms. The van der Waals surface area contributed by atoms with E-state index in [0.29, 0.717) is 24.5 Å². The predicted octanol–water partition coefficient (Wildman–Crippen LogP) is 6.19. The summed E-state index contributed by atoms with van der Waals surface area (Å²) in [6, 6.07) is 12.8. The topological polar surface area (TPSA) is 60.9 Å². The minimum absolute atomic E-state index is 0.0867. The van der Waals surface area contributed by atoms with Gasteiger partial charge in [0.05, 0.1) is 12.0 Å². The van der Waals surface area contributed by atoms with E-state index in [1.807, 2.05) is 17.0 Å². The first kappa shape index (κ1) is 29.8. The summed E-state index contributed by atoms with van der Waals surface area (Å²) in [5.74, 6) is -2.64. The molecule has 0 aromatic heterocycles. The number of benzene rings is 2. The lowest BCUT2D eigenvalue weighted by Gasteiger charge is -2.46. The predicted molar refractivity (Wildman–Crippen MR) is 128 cm³/mol. The number of alkyl halides is 6. The first-order chi connectivity index (χ1) is 17.7. The number of halogens is 7. The van der Waals surface area contributed by atoms with Crippen LogP contribution in [0.5, 0.6) is 0 Å². The lowest BCUT2D eigenvalue weighted by Crippen LogP contribution is -2.56. The number of hydrogen-bond acceptors (Lipinski definition) is 3. The van der Waals surface area contributed by atoms with Crippen LogP contribution in [0, 0.1) is 0 Å². The van der Waals surface area contributed by atoms with E-state index in [0.717, 1.165) is 62.0 Å². The van der Waals surface area contributed by atoms with Crippen LogP contribution in [0.15, 0.2) is 48.5 Å². The molecule has 1 spiro atoms. The Bertz CT molecular complexity index is 1110. The zero-order valence-corrected chi connectivity index (χ0v) is 21.0. The van der Waals surface area contributed by atoms with E-state index in [1.165, 1.54) is 0 Å². The number of carboxylic acids is 1. The Labute approximate surface area is 221 Å². The molecule has 1 atom stereocenters. The Kier molecular flexibility index (Phi) is 9.35. The molecule has 0 aliphatic carbocycles. The highest BCUT2D eigenvalue weighted by Gasteiger charge is 2.44. The van der Waals surface area contributed by atoms with Crippen LogP contribution in [0.3, 0.4) is 0 Å². The van der Waals surface area contributed by atoms with Gasteiger partial charge in [-0.3, -0.25) is 9.69 Å². The number of carbonyl (C=O) groups is 2. The lowest BCUT2D eigenvalue weighted by atomic mass is 9.85. The van der Waals surface area contributed by atoms with E-state index in [-0.39, 0.29) is 11.4 Å². The quantitative estimate of drug-likeness (QED) is 0.450. The van der Waals surface area contributed by atoms with Crippen molar-refractivity contribution in [2.75, 3.05) is 19.6 Å². The highest BCUT2D eigenvalue weighted by atomic mass is 35.5. The van der Waals surface area contributed by atoms with Gasteiger partial charge in [0.15, 0.2) is 0 Å². The van der Waals surface area contributed by atoms with Crippen molar-refractivity contribution < 1.29 is 41.0 Å². The second-order valence-corrected chi connectivity index (χ2v) is 9.91. The van der Waals surface area contributed by atoms with Crippen LogP contribution < -0.4 is 0 Å². The fourth-order valence-corrected chi connectivity index (χ4v) is 5.06. The van der Waals surface area contributed by atoms with Crippen LogP contribution in [0.25, 0.3) is 0 Å². The summed E-state index contributed by atoms with van der Waals surface area (Å²) in [5.41, 5.74) is 1.11. The summed E-state index contributed by atoms with van der Waals surface area (Å²) < 4.78 is 70.3. The van der Waals surface area contributed by atoms with Crippen molar-refractivity contribution in [3.05, 3.63) is 70.2 Å². The summed E-state index contributed by atoms with van der Waals surface area (Å²) in [6.07, 6.45) is -5.04. The number of amides is 1. The summed E-state index contributed by atoms with van der Waals surface area (Å²) in [6.45, 7) is 2.94. The zero-order chi connectivity index (χ0) is 28.1. The summed E-state index contributed by atoms with van der Waals surface area (Å²) in [7, 11) is 0. The molecule has 2 saturated heterocycles. The Balaban J connectivity index is 0.000000505. The average Bonchev–Trinajstić information content (AvgIpc) is 3.20. The zero-order valence-electron chi connectivity index (χ0n) is 20.3. The smallest absolute Gasteiger partial charge is 0.475 e. The maximum atomic E-state index is 13.0. The van der Waals surface area contributed by atoms with Crippen molar-refractivity contribution in [1.82, 2.24) is 9.80 Å². The van der Waals surface area contributed by atoms with Crippen molar-refractivity contribution in [2.45, 2.75) is 56.5 Å². The van der Waals surface area contributed by atoms with Gasteiger partial charge >= 0.3 is 18.3 Å². The molecule has 0 bridgehead atoms. The molecule has 2 aliphatic heterocycles. The Morgan fingerprint density at radius 2 is 1.39 bits per heavy atom. The van der Waals surface area contributed by atoms with E-state index in [2.05, 4.69) is 4.90 Å². The normalized spacial score (nSPS) is 20.2. The first-order valence-corrected chi connectivity index (χ1v) is 12.3. The van der Waals surface area contributed by atoms with Crippen LogP contribution >= 0.6 is 11.6 Å². The molecule has 1 unspecified atom stereocenters. The Morgan fingerprint density at radius 3 is 1.92 bits per heavy atom. The van der Waals surface area contributed by atoms with Gasteiger partial charge in [-0.15, -0.1) is 0 Å². The summed E-state index contributed by atoms with van der Waals surface area (Å²) in [5, 5.41) is 7.78. The monoisotopic (exact) mass is 564 g/mol. The van der Waals surface area contributed by atoms with E-state index < -0.39 is 23.9 Å². The van der Waals surface area contributed by atoms with Crippen molar-refractivity contribution in [3.63, 3.8) is 0 Å². The SMILES string of the molecule is O=C(Cc1ccc(Cl)cc1)N1CCCC2(CCCN2Cc2ccc(C(F)(F)F)cc2)C1.O=C(O)C(F)(F)F. The molecule has 2 aromatic rings. The van der Waals surface area contributed by atoms with Crippen LogP contribution in [-0.2, 0) is 28.7 Å². The molecule has 2 aromatic carbocycles. The third-order valence-electron chi connectivity index (χ3n) is 6.81. The fourth-order valence-electron chi connectivity index (χ4n) is 4.94. The fraction of sp³-hybridized carbons (Fsp3) is 0.462. The third kappa shape index (κ3) is 7.86. The van der Waals surface area contributed by atoms with Crippen molar-refractivity contribution in [2.24, 2.45) is 0 Å². The van der Waals surface area contributed by atoms with Gasteiger partial charge in [0.25, 0.3) is 0 Å². The van der Waals surface area contributed by atoms with Gasteiger partial charge < -0.3 is 10.0 Å². The molecule has 12 heteroatoms. The van der Waals surface area contributed by atoms with E-state index in [9.17, 15) is 31.1 Å². The average molecular weight is 565 g/mol. The first-order valence-electron chi connectivity index (χ1n) is 11.9. The molecule has 0 saturated carbocycles. The number of rotatable bonds is 4. The van der Waals surface area contributed by atoms with Crippen LogP contribution in [0.4, 0.5) is 26.3 Å². The highest BCUT2D eigenvalue weighted by molar-refractivity contribution is 6.30. The van der Waals surface area contributed by atoms with Gasteiger partial charge in [-0.2, -0.15) is 26.3 Å². The summed E-state index contributed by atoms with van der Waals surface area (Å²) in [4.78, 5) is 26.2. The van der Waals surface area contributed by atoms with Gasteiger partial charge in [0.2, 0.25) is 5.91 Å². The molecule has 208 valence electrons. The molecular formula is C26H27ClF6N2O3. The molecule has 1 N–H and O–H groups in total. The highest BCUT2D eigenvalue weighted by Crippen LogP contribution is 2.38. The minimum atomic E-state index is -5.08. The van der Waals surface area contributed by atoms with Crippen molar-refractivity contribution in [3.8, 4) is 0 Å². The molecule has 1 amide bonds. The molecular weight excluding hydrogens is 538 g/mol. The minimum Gasteiger partial charge on any atom is -0.475 e. The maximum absolute atomic E-state index is 13.0. The van der Waals surface area contributed by atoms with Crippen molar-refractivity contribution in [1.29, 1.82) is 0 Å². The maximum Gasteiger partial charge on any atom is 0.490 e. The van der Waals surface area contributed by atoms with Gasteiger partial charge in [-0.05, 0) is 67.6 Å². The Morgan fingerprint density at radius 1 is 0.868 bits per heavy atom. The van der Waals surface area contributed by atoms with Crippen molar-refractivity contribution >= 4 is 23.5 Å². The van der Waals surface area contributed by atoms with Gasteiger partial charge in [-0.1, -0.05) is 35.9 Å². The molecule has 0 radical (unpaired) electrons. The molecule has 2 heterocycles. The summed E-state index contributed by atoms with van der Waals surface area (Å²) >= 11 is 5.94. The number of likely N-dealkylation sites (tertiary alicyclic amines) is 2. The number of aliphatic carboxylic acids is 1. The molecule has 4 rings (SSSR count). The van der Waals surface area contributed by atoms with E-state index >= 15 is 0 Å². The molecule has 2 fully saturated rings. The number of nitrogens with zero attached hydrogens (tertiary/aromatic N) is 2. The Hall–Kier alpha value is -2.79. The second kappa shape index (κ2) is 11.9. The van der Waals surface area contributed by atoms with E-state index in [1.54, 1.807) is 24.3 Å². The van der Waals surface area contributed by atoms with Gasteiger partial charge in [0, 0.05) is 30.2 Å². The van der Waals surface area contributed by atoms with Crippen LogP contribution in [0.2, 0.25) is 5.02 Å². The number of carbonyl (C=O) groups excluding carboxylic acids is 1. The van der Waals surface area contributed by atoms with Crippen LogP contribution in [0.1, 0.15) is 42.4 Å². The molecule has 5 nitrogen and oxygen atoms in total. The van der Waals surface area contributed by atoms with Gasteiger partial charge in [-0.25, -0.2) is 4.79 Å². The standard InChI is InChI=1S/C24H26ClF3N2O.C2HF3O2/c25-21-9-5-18(6-10-21)15-22(31)29-13-1-11-23(17-29)12-2-14-30(23)16-19-3-7-20(8-4-19)24(26,27)28;3-2(4,5)1(6)7/h3-10H,1-2,11-17H2;(H,6,7). The number of carboxylic acid groups (broad SMARTS) is 1. The second-order valence-electron chi connectivity index (χ2n) is 9.47. The third-order valence-corrected chi connectivity index (χ3v) is 7.07. The van der Waals surface area contributed by atoms with Gasteiger partial charge in [0.1, 0.15) is 0 Å². The number of piperidine rings is 1. The largest absolute Gasteiger partial charge is 0.490 e. The van der Waals surface area contributed by atoms with E-state index in [4.69, 9.17) is 21.5 Å². The number of hydrogen-bond donors (Lipinski definition) is 1. The van der Waals surface area contributed by atoms with Crippen LogP contribution in [-0.4, -0.2) is 58.1 Å². The molecule has 2 aliphatic rings.